The van der Waals surface area contributed by atoms with E-state index in [1.165, 1.54) is 24.3 Å². The Bertz CT molecular complexity index is 673. The number of hydrogen-bond donors (Lipinski definition) is 1. The standard InChI is InChI=1S/C17H26N6S/c1-3-23-13(2)20-21-15(23)11-22(12-16-19-8-9-24-16)14-10-17(14)4-6-18-7-5-17/h8-9,14,18H,3-7,10-12H2,1-2H3. The van der Waals surface area contributed by atoms with Crippen LogP contribution in [0.4, 0.5) is 0 Å². The van der Waals surface area contributed by atoms with E-state index in [0.717, 1.165) is 44.4 Å². The molecule has 4 rings (SSSR count). The van der Waals surface area contributed by atoms with Crippen molar-refractivity contribution in [3.8, 4) is 0 Å². The Morgan fingerprint density at radius 3 is 2.88 bits per heavy atom. The van der Waals surface area contributed by atoms with Gasteiger partial charge in [-0.3, -0.25) is 4.90 Å². The lowest BCUT2D eigenvalue weighted by Crippen LogP contribution is -2.36. The van der Waals surface area contributed by atoms with E-state index in [1.54, 1.807) is 11.3 Å². The fourth-order valence-corrected chi connectivity index (χ4v) is 4.86. The summed E-state index contributed by atoms with van der Waals surface area (Å²) in [5.74, 6) is 2.09. The van der Waals surface area contributed by atoms with Gasteiger partial charge in [0, 0.05) is 24.2 Å². The summed E-state index contributed by atoms with van der Waals surface area (Å²) in [6.07, 6.45) is 5.82. The summed E-state index contributed by atoms with van der Waals surface area (Å²) < 4.78 is 2.23. The first kappa shape index (κ1) is 16.2. The highest BCUT2D eigenvalue weighted by molar-refractivity contribution is 7.09. The first-order valence-corrected chi connectivity index (χ1v) is 9.81. The van der Waals surface area contributed by atoms with Crippen LogP contribution in [0.1, 0.15) is 42.8 Å². The number of rotatable bonds is 6. The van der Waals surface area contributed by atoms with E-state index < -0.39 is 0 Å². The van der Waals surface area contributed by atoms with Gasteiger partial charge in [-0.1, -0.05) is 0 Å². The van der Waals surface area contributed by atoms with E-state index in [4.69, 9.17) is 0 Å². The average molecular weight is 347 g/mol. The number of aryl methyl sites for hydroxylation is 1. The Morgan fingerprint density at radius 2 is 2.17 bits per heavy atom. The Balaban J connectivity index is 1.54. The van der Waals surface area contributed by atoms with E-state index in [0.29, 0.717) is 11.5 Å². The molecule has 2 aliphatic rings. The largest absolute Gasteiger partial charge is 0.317 e. The third kappa shape index (κ3) is 3.00. The fourth-order valence-electron chi connectivity index (χ4n) is 4.22. The SMILES string of the molecule is CCn1c(C)nnc1CN(Cc1nccs1)C1CC12CCNCC2. The van der Waals surface area contributed by atoms with E-state index in [-0.39, 0.29) is 0 Å². The molecule has 1 saturated carbocycles. The Morgan fingerprint density at radius 1 is 1.33 bits per heavy atom. The lowest BCUT2D eigenvalue weighted by molar-refractivity contribution is 0.182. The molecule has 24 heavy (non-hydrogen) atoms. The van der Waals surface area contributed by atoms with E-state index >= 15 is 0 Å². The lowest BCUT2D eigenvalue weighted by atomic mass is 9.93. The van der Waals surface area contributed by atoms with Crippen LogP contribution in [0, 0.1) is 12.3 Å². The molecule has 1 aliphatic carbocycles. The van der Waals surface area contributed by atoms with Gasteiger partial charge in [0.25, 0.3) is 0 Å². The van der Waals surface area contributed by atoms with Gasteiger partial charge in [-0.05, 0) is 51.6 Å². The maximum absolute atomic E-state index is 4.51. The molecule has 1 spiro atoms. The molecule has 0 amide bonds. The molecule has 0 aromatic carbocycles. The molecule has 3 heterocycles. The van der Waals surface area contributed by atoms with Crippen LogP contribution in [0.25, 0.3) is 0 Å². The third-order valence-corrected chi connectivity index (χ3v) is 6.45. The zero-order chi connectivity index (χ0) is 16.6. The van der Waals surface area contributed by atoms with Gasteiger partial charge in [0.15, 0.2) is 0 Å². The third-order valence-electron chi connectivity index (χ3n) is 5.68. The number of nitrogens with one attached hydrogen (secondary N) is 1. The zero-order valence-electron chi connectivity index (χ0n) is 14.5. The average Bonchev–Trinajstić information content (AvgIpc) is 2.94. The first-order valence-electron chi connectivity index (χ1n) is 8.94. The maximum Gasteiger partial charge on any atom is 0.147 e. The van der Waals surface area contributed by atoms with Crippen LogP contribution in [0.15, 0.2) is 11.6 Å². The van der Waals surface area contributed by atoms with Crippen LogP contribution in [0.2, 0.25) is 0 Å². The highest BCUT2D eigenvalue weighted by Crippen LogP contribution is 2.56. The molecular formula is C17H26N6S. The van der Waals surface area contributed by atoms with Gasteiger partial charge in [-0.25, -0.2) is 4.98 Å². The second kappa shape index (κ2) is 6.54. The van der Waals surface area contributed by atoms with Crippen LogP contribution in [0.5, 0.6) is 0 Å². The number of nitrogens with zero attached hydrogens (tertiary/aromatic N) is 5. The van der Waals surface area contributed by atoms with Crippen LogP contribution >= 0.6 is 11.3 Å². The minimum atomic E-state index is 0.522. The monoisotopic (exact) mass is 346 g/mol. The van der Waals surface area contributed by atoms with Gasteiger partial charge in [-0.15, -0.1) is 21.5 Å². The predicted octanol–water partition coefficient (Wildman–Crippen LogP) is 2.21. The molecule has 1 saturated heterocycles. The van der Waals surface area contributed by atoms with E-state index in [2.05, 4.69) is 42.3 Å². The van der Waals surface area contributed by atoms with Crippen LogP contribution in [-0.4, -0.2) is 43.8 Å². The summed E-state index contributed by atoms with van der Waals surface area (Å²) in [4.78, 5) is 7.11. The summed E-state index contributed by atoms with van der Waals surface area (Å²) in [5.41, 5.74) is 0.522. The summed E-state index contributed by atoms with van der Waals surface area (Å²) in [5, 5.41) is 15.5. The molecule has 7 heteroatoms. The second-order valence-electron chi connectivity index (χ2n) is 7.07. The minimum absolute atomic E-state index is 0.522. The van der Waals surface area contributed by atoms with Gasteiger partial charge in [0.05, 0.1) is 13.1 Å². The van der Waals surface area contributed by atoms with Crippen molar-refractivity contribution >= 4 is 11.3 Å². The Hall–Kier alpha value is -1.31. The number of aromatic nitrogens is 4. The molecule has 1 N–H and O–H groups in total. The summed E-state index contributed by atoms with van der Waals surface area (Å²) in [6, 6.07) is 0.658. The minimum Gasteiger partial charge on any atom is -0.317 e. The number of thiazole rings is 1. The Kier molecular flexibility index (Phi) is 4.40. The van der Waals surface area contributed by atoms with Gasteiger partial charge in [-0.2, -0.15) is 0 Å². The summed E-state index contributed by atoms with van der Waals surface area (Å²) >= 11 is 1.75. The van der Waals surface area contributed by atoms with Crippen molar-refractivity contribution in [3.05, 3.63) is 28.2 Å². The molecular weight excluding hydrogens is 320 g/mol. The van der Waals surface area contributed by atoms with Gasteiger partial charge in [0.2, 0.25) is 0 Å². The first-order chi connectivity index (χ1) is 11.7. The quantitative estimate of drug-likeness (QED) is 0.869. The molecule has 1 aliphatic heterocycles. The topological polar surface area (TPSA) is 58.9 Å². The number of piperidine rings is 1. The number of hydrogen-bond acceptors (Lipinski definition) is 6. The smallest absolute Gasteiger partial charge is 0.147 e. The normalized spacial score (nSPS) is 22.4. The predicted molar refractivity (Wildman–Crippen MR) is 94.7 cm³/mol. The molecule has 1 atom stereocenters. The van der Waals surface area contributed by atoms with Crippen molar-refractivity contribution in [1.29, 1.82) is 0 Å². The van der Waals surface area contributed by atoms with Gasteiger partial charge < -0.3 is 9.88 Å². The Labute approximate surface area is 147 Å². The second-order valence-corrected chi connectivity index (χ2v) is 8.05. The zero-order valence-corrected chi connectivity index (χ0v) is 15.3. The summed E-state index contributed by atoms with van der Waals surface area (Å²) in [6.45, 7) is 9.24. The van der Waals surface area contributed by atoms with Gasteiger partial charge >= 0.3 is 0 Å². The molecule has 1 unspecified atom stereocenters. The van der Waals surface area contributed by atoms with E-state index in [1.807, 2.05) is 13.1 Å². The molecule has 0 radical (unpaired) electrons. The highest BCUT2D eigenvalue weighted by atomic mass is 32.1. The van der Waals surface area contributed by atoms with Crippen LogP contribution < -0.4 is 5.32 Å². The fraction of sp³-hybridized carbons (Fsp3) is 0.706. The molecule has 6 nitrogen and oxygen atoms in total. The molecule has 0 bridgehead atoms. The van der Waals surface area contributed by atoms with Crippen molar-refractivity contribution in [2.45, 2.75) is 58.8 Å². The summed E-state index contributed by atoms with van der Waals surface area (Å²) in [7, 11) is 0. The lowest BCUT2D eigenvalue weighted by Gasteiger charge is -2.29. The van der Waals surface area contributed by atoms with Crippen molar-refractivity contribution in [3.63, 3.8) is 0 Å². The maximum atomic E-state index is 4.51. The van der Waals surface area contributed by atoms with Crippen molar-refractivity contribution in [2.75, 3.05) is 13.1 Å². The van der Waals surface area contributed by atoms with Crippen molar-refractivity contribution in [1.82, 2.24) is 30.0 Å². The van der Waals surface area contributed by atoms with Crippen LogP contribution in [0.3, 0.4) is 0 Å². The molecule has 130 valence electrons. The molecule has 2 aromatic rings. The van der Waals surface area contributed by atoms with Crippen LogP contribution in [-0.2, 0) is 19.6 Å². The molecule has 2 aromatic heterocycles. The van der Waals surface area contributed by atoms with Crippen molar-refractivity contribution < 1.29 is 0 Å². The highest BCUT2D eigenvalue weighted by Gasteiger charge is 2.56. The van der Waals surface area contributed by atoms with Crippen molar-refractivity contribution in [2.24, 2.45) is 5.41 Å². The molecule has 2 fully saturated rings. The van der Waals surface area contributed by atoms with Gasteiger partial charge in [0.1, 0.15) is 16.7 Å². The van der Waals surface area contributed by atoms with E-state index in [9.17, 15) is 0 Å².